The first-order chi connectivity index (χ1) is 5.52. The number of aromatic nitrogens is 1. The highest BCUT2D eigenvalue weighted by Crippen LogP contribution is 2.17. The van der Waals surface area contributed by atoms with Crippen LogP contribution >= 0.6 is 11.3 Å². The van der Waals surface area contributed by atoms with Crippen LogP contribution in [0.3, 0.4) is 0 Å². The third-order valence-electron chi connectivity index (χ3n) is 1.29. The fourth-order valence-electron chi connectivity index (χ4n) is 0.833. The van der Waals surface area contributed by atoms with Crippen LogP contribution in [0.2, 0.25) is 0 Å². The normalized spacial score (nSPS) is 9.83. The average Bonchev–Trinajstić information content (AvgIpc) is 2.31. The van der Waals surface area contributed by atoms with E-state index in [0.717, 1.165) is 0 Å². The lowest BCUT2D eigenvalue weighted by Gasteiger charge is -1.90. The Kier molecular flexibility index (Phi) is 2.23. The van der Waals surface area contributed by atoms with Crippen LogP contribution in [0.25, 0.3) is 0 Å². The maximum absolute atomic E-state index is 10.9. The highest BCUT2D eigenvalue weighted by Gasteiger charge is 2.16. The second-order valence-electron chi connectivity index (χ2n) is 2.33. The van der Waals surface area contributed by atoms with Crippen molar-refractivity contribution in [1.82, 2.24) is 4.98 Å². The van der Waals surface area contributed by atoms with Gasteiger partial charge in [0.15, 0.2) is 5.78 Å². The molecule has 1 aromatic rings. The number of carbonyl (C=O) groups is 2. The van der Waals surface area contributed by atoms with E-state index in [0.29, 0.717) is 9.88 Å². The SMILES string of the molecule is CC(=O)c1sc(C)nc1C(N)=O. The van der Waals surface area contributed by atoms with Gasteiger partial charge in [-0.3, -0.25) is 9.59 Å². The molecule has 0 aliphatic rings. The Morgan fingerprint density at radius 3 is 2.42 bits per heavy atom. The highest BCUT2D eigenvalue weighted by molar-refractivity contribution is 7.14. The molecule has 5 heteroatoms. The van der Waals surface area contributed by atoms with Crippen LogP contribution in [0.5, 0.6) is 0 Å². The number of hydrogen-bond donors (Lipinski definition) is 1. The summed E-state index contributed by atoms with van der Waals surface area (Å²) in [7, 11) is 0. The molecule has 0 fully saturated rings. The van der Waals surface area contributed by atoms with Crippen molar-refractivity contribution in [3.63, 3.8) is 0 Å². The molecule has 4 nitrogen and oxygen atoms in total. The molecule has 0 unspecified atom stereocenters. The van der Waals surface area contributed by atoms with Gasteiger partial charge in [0.25, 0.3) is 5.91 Å². The van der Waals surface area contributed by atoms with E-state index in [1.165, 1.54) is 18.3 Å². The summed E-state index contributed by atoms with van der Waals surface area (Å²) in [4.78, 5) is 25.9. The van der Waals surface area contributed by atoms with E-state index < -0.39 is 5.91 Å². The topological polar surface area (TPSA) is 73.1 Å². The van der Waals surface area contributed by atoms with Crippen LogP contribution in [0.1, 0.15) is 32.1 Å². The Hall–Kier alpha value is -1.23. The molecule has 0 saturated carbocycles. The van der Waals surface area contributed by atoms with Gasteiger partial charge in [0.1, 0.15) is 10.6 Å². The Balaban J connectivity index is 3.26. The average molecular weight is 184 g/mol. The summed E-state index contributed by atoms with van der Waals surface area (Å²) in [5.41, 5.74) is 5.11. The maximum Gasteiger partial charge on any atom is 0.268 e. The summed E-state index contributed by atoms with van der Waals surface area (Å²) in [6.07, 6.45) is 0. The predicted octanol–water partition coefficient (Wildman–Crippen LogP) is 0.753. The fourth-order valence-corrected chi connectivity index (χ4v) is 1.65. The molecule has 0 radical (unpaired) electrons. The van der Waals surface area contributed by atoms with Crippen molar-refractivity contribution < 1.29 is 9.59 Å². The summed E-state index contributed by atoms with van der Waals surface area (Å²) in [5.74, 6) is -0.820. The summed E-state index contributed by atoms with van der Waals surface area (Å²) < 4.78 is 0. The van der Waals surface area contributed by atoms with Crippen molar-refractivity contribution in [2.75, 3.05) is 0 Å². The van der Waals surface area contributed by atoms with Crippen molar-refractivity contribution in [2.45, 2.75) is 13.8 Å². The van der Waals surface area contributed by atoms with Gasteiger partial charge in [-0.2, -0.15) is 0 Å². The zero-order valence-corrected chi connectivity index (χ0v) is 7.57. The van der Waals surface area contributed by atoms with Crippen molar-refractivity contribution in [3.05, 3.63) is 15.6 Å². The van der Waals surface area contributed by atoms with Gasteiger partial charge in [0.05, 0.1) is 5.01 Å². The number of nitrogens with zero attached hydrogens (tertiary/aromatic N) is 1. The standard InChI is InChI=1S/C7H8N2O2S/c1-3(10)6-5(7(8)11)9-4(2)12-6/h1-2H3,(H2,8,11). The zero-order valence-electron chi connectivity index (χ0n) is 6.75. The quantitative estimate of drug-likeness (QED) is 0.689. The molecule has 0 aliphatic carbocycles. The van der Waals surface area contributed by atoms with Gasteiger partial charge in [-0.25, -0.2) is 4.98 Å². The lowest BCUT2D eigenvalue weighted by molar-refractivity contribution is 0.0972. The highest BCUT2D eigenvalue weighted by atomic mass is 32.1. The van der Waals surface area contributed by atoms with Crippen molar-refractivity contribution in [2.24, 2.45) is 5.73 Å². The number of aryl methyl sites for hydroxylation is 1. The van der Waals surface area contributed by atoms with E-state index in [1.54, 1.807) is 6.92 Å². The van der Waals surface area contributed by atoms with E-state index in [-0.39, 0.29) is 11.5 Å². The minimum Gasteiger partial charge on any atom is -0.364 e. The summed E-state index contributed by atoms with van der Waals surface area (Å²) in [6.45, 7) is 3.11. The Morgan fingerprint density at radius 1 is 1.50 bits per heavy atom. The molecule has 1 rings (SSSR count). The van der Waals surface area contributed by atoms with Gasteiger partial charge in [0.2, 0.25) is 0 Å². The summed E-state index contributed by atoms with van der Waals surface area (Å²) in [5, 5.41) is 0.675. The van der Waals surface area contributed by atoms with E-state index in [1.807, 2.05) is 0 Å². The number of primary amides is 1. The largest absolute Gasteiger partial charge is 0.364 e. The van der Waals surface area contributed by atoms with Crippen LogP contribution in [0, 0.1) is 6.92 Å². The second kappa shape index (κ2) is 3.02. The summed E-state index contributed by atoms with van der Waals surface area (Å²) >= 11 is 1.19. The maximum atomic E-state index is 10.9. The molecule has 2 N–H and O–H groups in total. The summed E-state index contributed by atoms with van der Waals surface area (Å²) in [6, 6.07) is 0. The lowest BCUT2D eigenvalue weighted by atomic mass is 10.3. The smallest absolute Gasteiger partial charge is 0.268 e. The molecule has 64 valence electrons. The minimum absolute atomic E-state index is 0.0880. The van der Waals surface area contributed by atoms with Gasteiger partial charge < -0.3 is 5.73 Å². The fraction of sp³-hybridized carbons (Fsp3) is 0.286. The van der Waals surface area contributed by atoms with Crippen LogP contribution < -0.4 is 5.73 Å². The monoisotopic (exact) mass is 184 g/mol. The molecule has 1 amide bonds. The van der Waals surface area contributed by atoms with Crippen molar-refractivity contribution >= 4 is 23.0 Å². The number of carbonyl (C=O) groups excluding carboxylic acids is 2. The lowest BCUT2D eigenvalue weighted by Crippen LogP contribution is -2.14. The number of Topliss-reactive ketones (excluding diaryl/α,β-unsaturated/α-hetero) is 1. The molecule has 1 aromatic heterocycles. The molecule has 0 atom stereocenters. The van der Waals surface area contributed by atoms with E-state index in [2.05, 4.69) is 4.98 Å². The first-order valence-electron chi connectivity index (χ1n) is 3.30. The first kappa shape index (κ1) is 8.86. The molecule has 0 spiro atoms. The first-order valence-corrected chi connectivity index (χ1v) is 4.12. The van der Waals surface area contributed by atoms with Gasteiger partial charge in [-0.15, -0.1) is 11.3 Å². The number of hydrogen-bond acceptors (Lipinski definition) is 4. The number of nitrogens with two attached hydrogens (primary N) is 1. The van der Waals surface area contributed by atoms with Crippen LogP contribution in [0.4, 0.5) is 0 Å². The molecule has 1 heterocycles. The third-order valence-corrected chi connectivity index (χ3v) is 2.36. The Bertz CT molecular complexity index is 312. The predicted molar refractivity (Wildman–Crippen MR) is 45.4 cm³/mol. The van der Waals surface area contributed by atoms with Gasteiger partial charge in [-0.1, -0.05) is 0 Å². The number of ketones is 1. The van der Waals surface area contributed by atoms with E-state index in [9.17, 15) is 9.59 Å². The second-order valence-corrected chi connectivity index (χ2v) is 3.53. The van der Waals surface area contributed by atoms with Gasteiger partial charge in [0, 0.05) is 6.92 Å². The van der Waals surface area contributed by atoms with E-state index in [4.69, 9.17) is 5.73 Å². The van der Waals surface area contributed by atoms with Crippen LogP contribution in [-0.4, -0.2) is 16.7 Å². The Labute approximate surface area is 73.4 Å². The minimum atomic E-state index is -0.649. The van der Waals surface area contributed by atoms with Crippen LogP contribution in [-0.2, 0) is 0 Å². The molecular weight excluding hydrogens is 176 g/mol. The molecular formula is C7H8N2O2S. The van der Waals surface area contributed by atoms with Gasteiger partial charge in [-0.05, 0) is 6.92 Å². The molecule has 0 aliphatic heterocycles. The zero-order chi connectivity index (χ0) is 9.30. The molecule has 0 aromatic carbocycles. The Morgan fingerprint density at radius 2 is 2.08 bits per heavy atom. The number of amides is 1. The molecule has 12 heavy (non-hydrogen) atoms. The third kappa shape index (κ3) is 1.50. The van der Waals surface area contributed by atoms with Crippen molar-refractivity contribution in [1.29, 1.82) is 0 Å². The number of rotatable bonds is 2. The van der Waals surface area contributed by atoms with Gasteiger partial charge >= 0.3 is 0 Å². The van der Waals surface area contributed by atoms with Crippen molar-refractivity contribution in [3.8, 4) is 0 Å². The van der Waals surface area contributed by atoms with Crippen LogP contribution in [0.15, 0.2) is 0 Å². The van der Waals surface area contributed by atoms with E-state index >= 15 is 0 Å². The molecule has 0 bridgehead atoms. The number of thiazole rings is 1. The molecule has 0 saturated heterocycles.